The van der Waals surface area contributed by atoms with Gasteiger partial charge in [-0.2, -0.15) is 0 Å². The van der Waals surface area contributed by atoms with Crippen molar-refractivity contribution < 1.29 is 8.78 Å². The Balaban J connectivity index is 1.51. The molecule has 2 aliphatic rings. The van der Waals surface area contributed by atoms with Gasteiger partial charge < -0.3 is 0 Å². The summed E-state index contributed by atoms with van der Waals surface area (Å²) in [5, 5.41) is 0. The van der Waals surface area contributed by atoms with Crippen LogP contribution in [0.15, 0.2) is 36.9 Å². The van der Waals surface area contributed by atoms with Crippen molar-refractivity contribution in [1.29, 1.82) is 0 Å². The van der Waals surface area contributed by atoms with Crippen LogP contribution < -0.4 is 0 Å². The Hall–Kier alpha value is -1.18. The molecule has 0 aliphatic heterocycles. The van der Waals surface area contributed by atoms with Gasteiger partial charge in [0.2, 0.25) is 0 Å². The zero-order valence-electron chi connectivity index (χ0n) is 16.9. The second-order valence-electron chi connectivity index (χ2n) is 8.97. The van der Waals surface area contributed by atoms with Crippen molar-refractivity contribution in [2.75, 3.05) is 0 Å². The van der Waals surface area contributed by atoms with Crippen molar-refractivity contribution in [1.82, 2.24) is 0 Å². The van der Waals surface area contributed by atoms with Gasteiger partial charge in [-0.1, -0.05) is 43.7 Å². The van der Waals surface area contributed by atoms with Crippen molar-refractivity contribution >= 4 is 0 Å². The Bertz CT molecular complexity index is 581. The van der Waals surface area contributed by atoms with E-state index in [0.717, 1.165) is 57.8 Å². The summed E-state index contributed by atoms with van der Waals surface area (Å²) >= 11 is 0. The number of hydrogen-bond acceptors (Lipinski definition) is 0. The molecule has 0 nitrogen and oxygen atoms in total. The van der Waals surface area contributed by atoms with Crippen LogP contribution in [0.5, 0.6) is 0 Å². The molecule has 27 heavy (non-hydrogen) atoms. The third-order valence-electron chi connectivity index (χ3n) is 7.18. The Labute approximate surface area is 164 Å². The van der Waals surface area contributed by atoms with Crippen LogP contribution in [-0.2, 0) is 6.42 Å². The Morgan fingerprint density at radius 1 is 1.00 bits per heavy atom. The molecule has 2 atom stereocenters. The SMILES string of the molecule is C=CCCc1ccc(C2CCC(C3CCC(CCC)C(F)(F)C3)CC2)cc1. The molecule has 0 amide bonds. The molecular weight excluding hydrogens is 338 g/mol. The maximum Gasteiger partial charge on any atom is 0.251 e. The molecule has 150 valence electrons. The molecule has 2 unspecified atom stereocenters. The third kappa shape index (κ3) is 5.21. The first-order chi connectivity index (χ1) is 13.0. The normalized spacial score (nSPS) is 30.8. The molecule has 0 aromatic heterocycles. The zero-order valence-corrected chi connectivity index (χ0v) is 16.9. The van der Waals surface area contributed by atoms with E-state index in [9.17, 15) is 8.78 Å². The van der Waals surface area contributed by atoms with E-state index >= 15 is 0 Å². The van der Waals surface area contributed by atoms with Gasteiger partial charge in [-0.3, -0.25) is 0 Å². The first kappa shape index (κ1) is 20.6. The van der Waals surface area contributed by atoms with Crippen molar-refractivity contribution in [2.45, 2.75) is 89.4 Å². The number of rotatable bonds is 7. The lowest BCUT2D eigenvalue weighted by Gasteiger charge is -2.41. The minimum Gasteiger partial charge on any atom is -0.207 e. The average Bonchev–Trinajstić information content (AvgIpc) is 2.68. The molecule has 0 bridgehead atoms. The summed E-state index contributed by atoms with van der Waals surface area (Å²) in [5.41, 5.74) is 2.81. The van der Waals surface area contributed by atoms with Crippen molar-refractivity contribution in [2.24, 2.45) is 17.8 Å². The number of allylic oxidation sites excluding steroid dienone is 1. The van der Waals surface area contributed by atoms with Crippen molar-refractivity contribution in [3.8, 4) is 0 Å². The Kier molecular flexibility index (Phi) is 7.11. The molecule has 0 heterocycles. The number of halogens is 2. The van der Waals surface area contributed by atoms with Gasteiger partial charge >= 0.3 is 0 Å². The highest BCUT2D eigenvalue weighted by Crippen LogP contribution is 2.49. The fourth-order valence-electron chi connectivity index (χ4n) is 5.50. The van der Waals surface area contributed by atoms with Crippen LogP contribution in [0.25, 0.3) is 0 Å². The van der Waals surface area contributed by atoms with Crippen LogP contribution in [0, 0.1) is 17.8 Å². The minimum absolute atomic E-state index is 0.144. The first-order valence-electron chi connectivity index (χ1n) is 11.1. The van der Waals surface area contributed by atoms with Gasteiger partial charge in [0.1, 0.15) is 0 Å². The molecule has 2 aliphatic carbocycles. The smallest absolute Gasteiger partial charge is 0.207 e. The molecule has 2 saturated carbocycles. The number of alkyl halides is 2. The van der Waals surface area contributed by atoms with E-state index in [1.54, 1.807) is 0 Å². The highest BCUT2D eigenvalue weighted by molar-refractivity contribution is 5.26. The summed E-state index contributed by atoms with van der Waals surface area (Å²) in [6, 6.07) is 9.07. The van der Waals surface area contributed by atoms with Gasteiger partial charge in [-0.15, -0.1) is 6.58 Å². The second-order valence-corrected chi connectivity index (χ2v) is 8.97. The molecular formula is C25H36F2. The fraction of sp³-hybridized carbons (Fsp3) is 0.680. The number of hydrogen-bond donors (Lipinski definition) is 0. The minimum atomic E-state index is -2.43. The standard InChI is InChI=1S/C25H36F2/c1-3-5-7-19-8-10-20(11-9-19)21-12-14-22(15-13-21)23-16-17-24(6-4-2)25(26,27)18-23/h3,8-11,21-24H,1,4-7,12-18H2,2H3. The van der Waals surface area contributed by atoms with E-state index in [1.165, 1.54) is 11.1 Å². The van der Waals surface area contributed by atoms with Gasteiger partial charge in [0.15, 0.2) is 0 Å². The van der Waals surface area contributed by atoms with Gasteiger partial charge in [-0.05, 0) is 86.7 Å². The maximum atomic E-state index is 14.5. The van der Waals surface area contributed by atoms with E-state index in [0.29, 0.717) is 18.3 Å². The van der Waals surface area contributed by atoms with Crippen molar-refractivity contribution in [3.63, 3.8) is 0 Å². The Morgan fingerprint density at radius 3 is 2.26 bits per heavy atom. The summed E-state index contributed by atoms with van der Waals surface area (Å²) in [7, 11) is 0. The molecule has 0 N–H and O–H groups in total. The lowest BCUT2D eigenvalue weighted by atomic mass is 9.67. The topological polar surface area (TPSA) is 0 Å². The summed E-state index contributed by atoms with van der Waals surface area (Å²) in [6.07, 6.45) is 12.1. The summed E-state index contributed by atoms with van der Waals surface area (Å²) in [6.45, 7) is 5.81. The van der Waals surface area contributed by atoms with Crippen LogP contribution in [0.3, 0.4) is 0 Å². The largest absolute Gasteiger partial charge is 0.251 e. The highest BCUT2D eigenvalue weighted by Gasteiger charge is 2.46. The van der Waals surface area contributed by atoms with Gasteiger partial charge in [0.25, 0.3) is 5.92 Å². The molecule has 0 spiro atoms. The lowest BCUT2D eigenvalue weighted by molar-refractivity contribution is -0.114. The summed E-state index contributed by atoms with van der Waals surface area (Å²) < 4.78 is 29.0. The predicted molar refractivity (Wildman–Crippen MR) is 110 cm³/mol. The third-order valence-corrected chi connectivity index (χ3v) is 7.18. The van der Waals surface area contributed by atoms with Crippen LogP contribution in [0.1, 0.15) is 88.2 Å². The predicted octanol–water partition coefficient (Wildman–Crippen LogP) is 7.93. The Morgan fingerprint density at radius 2 is 1.67 bits per heavy atom. The van der Waals surface area contributed by atoms with E-state index in [-0.39, 0.29) is 18.3 Å². The summed E-state index contributed by atoms with van der Waals surface area (Å²) in [5.74, 6) is -1.42. The van der Waals surface area contributed by atoms with Gasteiger partial charge in [-0.25, -0.2) is 8.78 Å². The van der Waals surface area contributed by atoms with Crippen LogP contribution in [-0.4, -0.2) is 5.92 Å². The monoisotopic (exact) mass is 374 g/mol. The molecule has 1 aromatic rings. The molecule has 2 fully saturated rings. The van der Waals surface area contributed by atoms with E-state index in [4.69, 9.17) is 0 Å². The maximum absolute atomic E-state index is 14.5. The molecule has 2 heteroatoms. The average molecular weight is 375 g/mol. The van der Waals surface area contributed by atoms with E-state index in [2.05, 4.69) is 30.8 Å². The van der Waals surface area contributed by atoms with Crippen LogP contribution in [0.4, 0.5) is 8.78 Å². The zero-order chi connectivity index (χ0) is 19.3. The van der Waals surface area contributed by atoms with Crippen LogP contribution >= 0.6 is 0 Å². The second kappa shape index (κ2) is 9.34. The first-order valence-corrected chi connectivity index (χ1v) is 11.1. The molecule has 0 saturated heterocycles. The molecule has 3 rings (SSSR count). The summed E-state index contributed by atoms with van der Waals surface area (Å²) in [4.78, 5) is 0. The molecule has 0 radical (unpaired) electrons. The number of benzene rings is 1. The van der Waals surface area contributed by atoms with Crippen molar-refractivity contribution in [3.05, 3.63) is 48.0 Å². The highest BCUT2D eigenvalue weighted by atomic mass is 19.3. The van der Waals surface area contributed by atoms with E-state index in [1.807, 2.05) is 13.0 Å². The fourth-order valence-corrected chi connectivity index (χ4v) is 5.50. The van der Waals surface area contributed by atoms with E-state index < -0.39 is 5.92 Å². The lowest BCUT2D eigenvalue weighted by Crippen LogP contribution is -2.38. The van der Waals surface area contributed by atoms with Gasteiger partial charge in [0, 0.05) is 12.3 Å². The quantitative estimate of drug-likeness (QED) is 0.425. The number of aryl methyl sites for hydroxylation is 1. The van der Waals surface area contributed by atoms with Gasteiger partial charge in [0.05, 0.1) is 0 Å². The molecule has 1 aromatic carbocycles. The van der Waals surface area contributed by atoms with Crippen LogP contribution in [0.2, 0.25) is 0 Å².